The molecule has 0 saturated heterocycles. The van der Waals surface area contributed by atoms with Crippen LogP contribution in [0.15, 0.2) is 60.3 Å². The lowest BCUT2D eigenvalue weighted by atomic mass is 10.3. The Kier molecular flexibility index (Phi) is 8.09. The summed E-state index contributed by atoms with van der Waals surface area (Å²) in [6.45, 7) is 4.25. The van der Waals surface area contributed by atoms with Crippen molar-refractivity contribution in [1.82, 2.24) is 14.8 Å². The molecule has 0 radical (unpaired) electrons. The number of anilines is 1. The van der Waals surface area contributed by atoms with E-state index < -0.39 is 4.92 Å². The van der Waals surface area contributed by atoms with Crippen LogP contribution in [0.4, 0.5) is 11.4 Å². The molecule has 0 saturated carbocycles. The van der Waals surface area contributed by atoms with E-state index in [1.54, 1.807) is 28.8 Å². The van der Waals surface area contributed by atoms with Gasteiger partial charge in [0.15, 0.2) is 11.0 Å². The second-order valence-corrected chi connectivity index (χ2v) is 8.09. The molecule has 2 aromatic carbocycles. The normalized spacial score (nSPS) is 10.6. The molecule has 3 aromatic rings. The van der Waals surface area contributed by atoms with Gasteiger partial charge in [-0.25, -0.2) is 0 Å². The Morgan fingerprint density at radius 3 is 2.69 bits per heavy atom. The molecule has 0 atom stereocenters. The summed E-state index contributed by atoms with van der Waals surface area (Å²) in [6.07, 6.45) is 1.68. The summed E-state index contributed by atoms with van der Waals surface area (Å²) in [5, 5.41) is 23.1. The summed E-state index contributed by atoms with van der Waals surface area (Å²) in [4.78, 5) is 22.5. The summed E-state index contributed by atoms with van der Waals surface area (Å²) in [6, 6.07) is 10.5. The lowest BCUT2D eigenvalue weighted by Crippen LogP contribution is -2.15. The molecule has 0 bridgehead atoms. The van der Waals surface area contributed by atoms with Crippen molar-refractivity contribution in [1.29, 1.82) is 0 Å². The van der Waals surface area contributed by atoms with Gasteiger partial charge in [0.2, 0.25) is 5.91 Å². The zero-order valence-electron chi connectivity index (χ0n) is 16.5. The minimum Gasteiger partial charge on any atom is -0.484 e. The molecule has 1 amide bonds. The van der Waals surface area contributed by atoms with Crippen LogP contribution in [-0.2, 0) is 17.9 Å². The monoisotopic (exact) mass is 493 g/mol. The Morgan fingerprint density at radius 1 is 1.25 bits per heavy atom. The molecule has 12 heteroatoms. The fourth-order valence-corrected chi connectivity index (χ4v) is 3.67. The van der Waals surface area contributed by atoms with Crippen molar-refractivity contribution in [3.05, 3.63) is 81.1 Å². The fraction of sp³-hybridized carbons (Fsp3) is 0.150. The Bertz CT molecular complexity index is 1140. The summed E-state index contributed by atoms with van der Waals surface area (Å²) in [5.41, 5.74) is 0.407. The number of amides is 1. The first-order chi connectivity index (χ1) is 15.4. The van der Waals surface area contributed by atoms with Gasteiger partial charge >= 0.3 is 0 Å². The summed E-state index contributed by atoms with van der Waals surface area (Å²) >= 11 is 13.3. The van der Waals surface area contributed by atoms with Crippen LogP contribution >= 0.6 is 35.0 Å². The first-order valence-corrected chi connectivity index (χ1v) is 10.9. The van der Waals surface area contributed by atoms with Crippen molar-refractivity contribution in [2.24, 2.45) is 0 Å². The maximum atomic E-state index is 12.3. The van der Waals surface area contributed by atoms with Crippen LogP contribution in [0.3, 0.4) is 0 Å². The first-order valence-electron chi connectivity index (χ1n) is 9.15. The van der Waals surface area contributed by atoms with Crippen molar-refractivity contribution in [3.63, 3.8) is 0 Å². The number of carbonyl (C=O) groups excluding carboxylic acids is 1. The molecule has 9 nitrogen and oxygen atoms in total. The maximum absolute atomic E-state index is 12.3. The van der Waals surface area contributed by atoms with Crippen LogP contribution in [0.1, 0.15) is 5.82 Å². The number of aromatic nitrogens is 3. The molecule has 32 heavy (non-hydrogen) atoms. The van der Waals surface area contributed by atoms with Crippen molar-refractivity contribution in [2.75, 3.05) is 11.1 Å². The van der Waals surface area contributed by atoms with Gasteiger partial charge in [-0.2, -0.15) is 0 Å². The van der Waals surface area contributed by atoms with Crippen LogP contribution in [0.5, 0.6) is 5.75 Å². The molecule has 1 N–H and O–H groups in total. The number of nitrogens with zero attached hydrogens (tertiary/aromatic N) is 4. The van der Waals surface area contributed by atoms with E-state index in [0.717, 1.165) is 0 Å². The van der Waals surface area contributed by atoms with Crippen LogP contribution in [0.25, 0.3) is 0 Å². The average Bonchev–Trinajstić information content (AvgIpc) is 3.15. The van der Waals surface area contributed by atoms with Crippen LogP contribution < -0.4 is 10.1 Å². The molecule has 3 rings (SSSR count). The summed E-state index contributed by atoms with van der Waals surface area (Å²) in [5.74, 6) is 0.719. The predicted molar refractivity (Wildman–Crippen MR) is 123 cm³/mol. The van der Waals surface area contributed by atoms with E-state index >= 15 is 0 Å². The highest BCUT2D eigenvalue weighted by Gasteiger charge is 2.15. The molecule has 0 fully saturated rings. The number of allylic oxidation sites excluding steroid dienone is 1. The maximum Gasteiger partial charge on any atom is 0.269 e. The Labute approximate surface area is 197 Å². The Hall–Kier alpha value is -3.08. The summed E-state index contributed by atoms with van der Waals surface area (Å²) < 4.78 is 7.50. The average molecular weight is 494 g/mol. The van der Waals surface area contributed by atoms with E-state index in [0.29, 0.717) is 39.0 Å². The van der Waals surface area contributed by atoms with E-state index in [-0.39, 0.29) is 24.0 Å². The lowest BCUT2D eigenvalue weighted by molar-refractivity contribution is -0.384. The summed E-state index contributed by atoms with van der Waals surface area (Å²) in [7, 11) is 0. The fourth-order valence-electron chi connectivity index (χ4n) is 2.57. The van der Waals surface area contributed by atoms with E-state index in [4.69, 9.17) is 27.9 Å². The molecule has 0 unspecified atom stereocenters. The van der Waals surface area contributed by atoms with E-state index in [9.17, 15) is 14.9 Å². The van der Waals surface area contributed by atoms with Gasteiger partial charge in [-0.05, 0) is 24.3 Å². The standard InChI is InChI=1S/C20H17Cl2N5O4S/c1-2-9-26-18(11-31-17-10-13(21)3-8-16(17)22)24-25-20(26)32-12-19(28)23-14-4-6-15(7-5-14)27(29)30/h2-8,10H,1,9,11-12H2,(H,23,28). The highest BCUT2D eigenvalue weighted by atomic mass is 35.5. The van der Waals surface area contributed by atoms with Gasteiger partial charge in [-0.3, -0.25) is 19.5 Å². The molecular weight excluding hydrogens is 477 g/mol. The van der Waals surface area contributed by atoms with Gasteiger partial charge in [0.25, 0.3) is 5.69 Å². The molecule has 0 aliphatic heterocycles. The van der Waals surface area contributed by atoms with Gasteiger partial charge in [0.1, 0.15) is 12.4 Å². The van der Waals surface area contributed by atoms with Crippen molar-refractivity contribution in [3.8, 4) is 5.75 Å². The van der Waals surface area contributed by atoms with E-state index in [2.05, 4.69) is 22.1 Å². The number of nitro groups is 1. The number of thioether (sulfide) groups is 1. The molecule has 166 valence electrons. The predicted octanol–water partition coefficient (Wildman–Crippen LogP) is 4.99. The SMILES string of the molecule is C=CCn1c(COc2cc(Cl)ccc2Cl)nnc1SCC(=O)Nc1ccc([N+](=O)[O-])cc1. The zero-order chi connectivity index (χ0) is 23.1. The Morgan fingerprint density at radius 2 is 2.00 bits per heavy atom. The number of non-ortho nitro benzene ring substituents is 1. The minimum absolute atomic E-state index is 0.0521. The van der Waals surface area contributed by atoms with Crippen LogP contribution in [0, 0.1) is 10.1 Å². The largest absolute Gasteiger partial charge is 0.484 e. The van der Waals surface area contributed by atoms with E-state index in [1.165, 1.54) is 36.0 Å². The number of nitrogens with one attached hydrogen (secondary N) is 1. The quantitative estimate of drug-likeness (QED) is 0.183. The highest BCUT2D eigenvalue weighted by Crippen LogP contribution is 2.28. The number of nitro benzene ring substituents is 1. The molecule has 0 aliphatic rings. The third-order valence-corrected chi connectivity index (χ3v) is 5.56. The molecule has 0 spiro atoms. The number of carbonyl (C=O) groups is 1. The smallest absolute Gasteiger partial charge is 0.269 e. The number of benzene rings is 2. The van der Waals surface area contributed by atoms with Crippen molar-refractivity contribution >= 4 is 52.2 Å². The van der Waals surface area contributed by atoms with Crippen LogP contribution in [0.2, 0.25) is 10.0 Å². The number of halogens is 2. The lowest BCUT2D eigenvalue weighted by Gasteiger charge is -2.10. The third kappa shape index (κ3) is 6.22. The number of hydrogen-bond acceptors (Lipinski definition) is 7. The molecule has 0 aliphatic carbocycles. The van der Waals surface area contributed by atoms with Crippen molar-refractivity contribution in [2.45, 2.75) is 18.3 Å². The van der Waals surface area contributed by atoms with E-state index in [1.807, 2.05) is 0 Å². The van der Waals surface area contributed by atoms with Crippen LogP contribution in [-0.4, -0.2) is 31.3 Å². The highest BCUT2D eigenvalue weighted by molar-refractivity contribution is 7.99. The minimum atomic E-state index is -0.504. The first kappa shape index (κ1) is 23.6. The molecule has 1 heterocycles. The van der Waals surface area contributed by atoms with Gasteiger partial charge < -0.3 is 10.1 Å². The topological polar surface area (TPSA) is 112 Å². The Balaban J connectivity index is 1.61. The van der Waals surface area contributed by atoms with Crippen molar-refractivity contribution < 1.29 is 14.5 Å². The number of rotatable bonds is 10. The second kappa shape index (κ2) is 11.0. The molecule has 1 aromatic heterocycles. The second-order valence-electron chi connectivity index (χ2n) is 6.30. The number of hydrogen-bond donors (Lipinski definition) is 1. The zero-order valence-corrected chi connectivity index (χ0v) is 18.9. The van der Waals surface area contributed by atoms with Gasteiger partial charge in [-0.1, -0.05) is 41.0 Å². The molecular formula is C20H17Cl2N5O4S. The third-order valence-electron chi connectivity index (χ3n) is 4.05. The van der Waals surface area contributed by atoms with Gasteiger partial charge in [0.05, 0.1) is 15.7 Å². The van der Waals surface area contributed by atoms with Gasteiger partial charge in [0, 0.05) is 35.5 Å². The number of ether oxygens (including phenoxy) is 1. The van der Waals surface area contributed by atoms with Gasteiger partial charge in [-0.15, -0.1) is 16.8 Å².